The van der Waals surface area contributed by atoms with Crippen molar-refractivity contribution in [3.05, 3.63) is 46.6 Å². The number of alkyl halides is 3. The van der Waals surface area contributed by atoms with Crippen molar-refractivity contribution in [1.29, 1.82) is 0 Å². The van der Waals surface area contributed by atoms with E-state index >= 15 is 0 Å². The zero-order chi connectivity index (χ0) is 21.6. The Kier molecular flexibility index (Phi) is 5.46. The van der Waals surface area contributed by atoms with Crippen LogP contribution < -0.4 is 5.32 Å². The Balaban J connectivity index is 1.74. The number of nitrogens with one attached hydrogen (secondary N) is 1. The summed E-state index contributed by atoms with van der Waals surface area (Å²) >= 11 is 6.46. The third-order valence-electron chi connectivity index (χ3n) is 6.13. The number of benzene rings is 1. The smallest absolute Gasteiger partial charge is 0.362 e. The lowest BCUT2D eigenvalue weighted by molar-refractivity contribution is -0.173. The Bertz CT molecular complexity index is 920. The van der Waals surface area contributed by atoms with Crippen molar-refractivity contribution >= 4 is 23.3 Å². The van der Waals surface area contributed by atoms with Gasteiger partial charge < -0.3 is 10.2 Å². The van der Waals surface area contributed by atoms with Gasteiger partial charge in [0.05, 0.1) is 6.04 Å². The summed E-state index contributed by atoms with van der Waals surface area (Å²) in [6.45, 7) is 3.89. The quantitative estimate of drug-likeness (QED) is 0.661. The Morgan fingerprint density at radius 2 is 1.80 bits per heavy atom. The summed E-state index contributed by atoms with van der Waals surface area (Å²) in [5.74, 6) is -0.375. The standard InChI is InChI=1S/C21H24ClF3N4O/c1-12-7-6-8-13(2)28(12)20(30)18-17(22)19-26-15(14-9-4-3-5-10-14)11-16(21(23,24)25)29(19)27-18/h3-5,9-10,12-13,15-16,26H,6-8,11H2,1-2H3/t12-,13+,15-,16+/m0/s1. The predicted molar refractivity (Wildman–Crippen MR) is 109 cm³/mol. The van der Waals surface area contributed by atoms with Crippen LogP contribution in [-0.4, -0.2) is 38.8 Å². The van der Waals surface area contributed by atoms with E-state index in [2.05, 4.69) is 10.4 Å². The summed E-state index contributed by atoms with van der Waals surface area (Å²) in [6.07, 6.45) is -2.05. The second-order valence-corrected chi connectivity index (χ2v) is 8.58. The van der Waals surface area contributed by atoms with Crippen molar-refractivity contribution in [3.63, 3.8) is 0 Å². The number of likely N-dealkylation sites (tertiary alicyclic amines) is 1. The first-order valence-corrected chi connectivity index (χ1v) is 10.5. The Hall–Kier alpha value is -2.22. The van der Waals surface area contributed by atoms with Gasteiger partial charge in [0.2, 0.25) is 0 Å². The Morgan fingerprint density at radius 1 is 1.17 bits per heavy atom. The van der Waals surface area contributed by atoms with E-state index in [-0.39, 0.29) is 35.0 Å². The van der Waals surface area contributed by atoms with Gasteiger partial charge in [-0.15, -0.1) is 0 Å². The zero-order valence-electron chi connectivity index (χ0n) is 16.8. The highest BCUT2D eigenvalue weighted by atomic mass is 35.5. The van der Waals surface area contributed by atoms with Crippen LogP contribution >= 0.6 is 11.6 Å². The number of hydrogen-bond acceptors (Lipinski definition) is 3. The van der Waals surface area contributed by atoms with Crippen molar-refractivity contribution < 1.29 is 18.0 Å². The minimum atomic E-state index is -4.52. The number of anilines is 1. The van der Waals surface area contributed by atoms with Crippen LogP contribution in [0.25, 0.3) is 0 Å². The maximum atomic E-state index is 13.9. The fourth-order valence-electron chi connectivity index (χ4n) is 4.57. The second kappa shape index (κ2) is 7.80. The van der Waals surface area contributed by atoms with Gasteiger partial charge in [0, 0.05) is 18.5 Å². The van der Waals surface area contributed by atoms with Crippen molar-refractivity contribution in [2.24, 2.45) is 0 Å². The van der Waals surface area contributed by atoms with E-state index in [4.69, 9.17) is 11.6 Å². The van der Waals surface area contributed by atoms with E-state index in [0.29, 0.717) is 0 Å². The topological polar surface area (TPSA) is 50.2 Å². The highest BCUT2D eigenvalue weighted by Gasteiger charge is 2.48. The summed E-state index contributed by atoms with van der Waals surface area (Å²) in [4.78, 5) is 14.9. The van der Waals surface area contributed by atoms with Crippen LogP contribution in [0, 0.1) is 0 Å². The molecule has 1 aromatic heterocycles. The molecule has 0 unspecified atom stereocenters. The molecule has 0 spiro atoms. The van der Waals surface area contributed by atoms with Gasteiger partial charge in [0.15, 0.2) is 11.7 Å². The minimum absolute atomic E-state index is 0.0144. The van der Waals surface area contributed by atoms with E-state index in [9.17, 15) is 18.0 Å². The molecule has 0 aliphatic carbocycles. The molecule has 1 fully saturated rings. The number of piperidine rings is 1. The monoisotopic (exact) mass is 440 g/mol. The molecule has 162 valence electrons. The largest absolute Gasteiger partial charge is 0.410 e. The molecule has 4 rings (SSSR count). The van der Waals surface area contributed by atoms with Crippen molar-refractivity contribution in [2.75, 3.05) is 5.32 Å². The number of hydrogen-bond donors (Lipinski definition) is 1. The number of aromatic nitrogens is 2. The fraction of sp³-hybridized carbons (Fsp3) is 0.524. The number of carbonyl (C=O) groups is 1. The van der Waals surface area contributed by atoms with E-state index < -0.39 is 24.2 Å². The van der Waals surface area contributed by atoms with Gasteiger partial charge in [-0.2, -0.15) is 18.3 Å². The average molecular weight is 441 g/mol. The van der Waals surface area contributed by atoms with Gasteiger partial charge >= 0.3 is 6.18 Å². The molecule has 0 bridgehead atoms. The molecule has 4 atom stereocenters. The second-order valence-electron chi connectivity index (χ2n) is 8.20. The number of rotatable bonds is 2. The SMILES string of the molecule is C[C@@H]1CCC[C@H](C)N1C(=O)c1nn2c(c1Cl)N[C@H](c1ccccc1)C[C@@H]2C(F)(F)F. The molecule has 2 aliphatic heterocycles. The third-order valence-corrected chi connectivity index (χ3v) is 6.49. The molecule has 9 heteroatoms. The van der Waals surface area contributed by atoms with Gasteiger partial charge in [-0.25, -0.2) is 4.68 Å². The molecule has 0 radical (unpaired) electrons. The van der Waals surface area contributed by atoms with Gasteiger partial charge in [0.1, 0.15) is 10.8 Å². The van der Waals surface area contributed by atoms with Crippen LogP contribution in [0.5, 0.6) is 0 Å². The third kappa shape index (κ3) is 3.66. The van der Waals surface area contributed by atoms with Crippen LogP contribution in [0.1, 0.15) is 67.7 Å². The number of halogens is 4. The lowest BCUT2D eigenvalue weighted by Crippen LogP contribution is -2.47. The maximum absolute atomic E-state index is 13.9. The highest BCUT2D eigenvalue weighted by molar-refractivity contribution is 6.36. The van der Waals surface area contributed by atoms with Crippen molar-refractivity contribution in [1.82, 2.24) is 14.7 Å². The Labute approximate surface area is 178 Å². The first-order chi connectivity index (χ1) is 14.2. The summed E-state index contributed by atoms with van der Waals surface area (Å²) in [5.41, 5.74) is 0.601. The van der Waals surface area contributed by atoms with E-state index in [1.54, 1.807) is 29.2 Å². The van der Waals surface area contributed by atoms with Crippen LogP contribution in [-0.2, 0) is 0 Å². The molecule has 1 amide bonds. The molecular formula is C21H24ClF3N4O. The van der Waals surface area contributed by atoms with E-state index in [1.165, 1.54) is 0 Å². The fourth-order valence-corrected chi connectivity index (χ4v) is 4.83. The molecule has 3 heterocycles. The molecular weight excluding hydrogens is 417 g/mol. The first-order valence-electron chi connectivity index (χ1n) is 10.2. The summed E-state index contributed by atoms with van der Waals surface area (Å²) < 4.78 is 42.6. The van der Waals surface area contributed by atoms with Crippen LogP contribution in [0.3, 0.4) is 0 Å². The summed E-state index contributed by atoms with van der Waals surface area (Å²) in [7, 11) is 0. The summed E-state index contributed by atoms with van der Waals surface area (Å²) in [6, 6.07) is 6.43. The molecule has 1 saturated heterocycles. The molecule has 1 N–H and O–H groups in total. The molecule has 0 saturated carbocycles. The molecule has 5 nitrogen and oxygen atoms in total. The number of amides is 1. The van der Waals surface area contributed by atoms with Crippen LogP contribution in [0.4, 0.5) is 19.0 Å². The van der Waals surface area contributed by atoms with Crippen LogP contribution in [0.15, 0.2) is 30.3 Å². The lowest BCUT2D eigenvalue weighted by Gasteiger charge is -2.38. The number of fused-ring (bicyclic) bond motifs is 1. The van der Waals surface area contributed by atoms with Gasteiger partial charge in [-0.3, -0.25) is 4.79 Å². The average Bonchev–Trinajstić information content (AvgIpc) is 3.03. The lowest BCUT2D eigenvalue weighted by atomic mass is 9.97. The minimum Gasteiger partial charge on any atom is -0.362 e. The van der Waals surface area contributed by atoms with Crippen LogP contribution in [0.2, 0.25) is 5.02 Å². The molecule has 2 aliphatic rings. The number of nitrogens with zero attached hydrogens (tertiary/aromatic N) is 3. The van der Waals surface area contributed by atoms with Crippen molar-refractivity contribution in [3.8, 4) is 0 Å². The van der Waals surface area contributed by atoms with Gasteiger partial charge in [0.25, 0.3) is 5.91 Å². The first kappa shape index (κ1) is 21.0. The van der Waals surface area contributed by atoms with E-state index in [0.717, 1.165) is 29.5 Å². The number of carbonyl (C=O) groups excluding carboxylic acids is 1. The van der Waals surface area contributed by atoms with Gasteiger partial charge in [-0.1, -0.05) is 41.9 Å². The summed E-state index contributed by atoms with van der Waals surface area (Å²) in [5, 5.41) is 7.11. The zero-order valence-corrected chi connectivity index (χ0v) is 17.5. The van der Waals surface area contributed by atoms with E-state index in [1.807, 2.05) is 19.9 Å². The molecule has 30 heavy (non-hydrogen) atoms. The normalized spacial score (nSPS) is 26.8. The van der Waals surface area contributed by atoms with Crippen molar-refractivity contribution in [2.45, 2.75) is 69.9 Å². The highest BCUT2D eigenvalue weighted by Crippen LogP contribution is 2.46. The molecule has 2 aromatic rings. The predicted octanol–water partition coefficient (Wildman–Crippen LogP) is 5.60. The molecule has 1 aromatic carbocycles. The van der Waals surface area contributed by atoms with Gasteiger partial charge in [-0.05, 0) is 38.7 Å². The Morgan fingerprint density at radius 3 is 2.40 bits per heavy atom. The maximum Gasteiger partial charge on any atom is 0.410 e.